The molecule has 0 spiro atoms. The number of rotatable bonds is 0. The molecule has 0 bridgehead atoms. The first-order valence-corrected chi connectivity index (χ1v) is 6.27. The van der Waals surface area contributed by atoms with Crippen LogP contribution in [0, 0.1) is 14.9 Å². The van der Waals surface area contributed by atoms with E-state index in [9.17, 15) is 0 Å². The molecule has 0 saturated carbocycles. The van der Waals surface area contributed by atoms with Crippen LogP contribution in [0.1, 0.15) is 0 Å². The van der Waals surface area contributed by atoms with Crippen molar-refractivity contribution in [2.45, 2.75) is 0 Å². The Kier molecular flexibility index (Phi) is 158. The van der Waals surface area contributed by atoms with Crippen LogP contribution >= 0.6 is 0 Å². The second-order valence-electron chi connectivity index (χ2n) is 0. The molecule has 0 aliphatic carbocycles. The van der Waals surface area contributed by atoms with Crippen LogP contribution in [0.15, 0.2) is 0 Å². The topological polar surface area (TPSA) is 0 Å². The molecule has 0 unspecified atom stereocenters. The molecule has 0 aliphatic rings. The van der Waals surface area contributed by atoms with Crippen molar-refractivity contribution >= 4 is 6.88 Å². The molecule has 4 heavy (non-hydrogen) atoms. The summed E-state index contributed by atoms with van der Waals surface area (Å²) < 4.78 is 0. The van der Waals surface area contributed by atoms with E-state index in [1.807, 2.05) is 6.88 Å². The van der Waals surface area contributed by atoms with Crippen LogP contribution in [-0.4, -0.2) is 6.88 Å². The van der Waals surface area contributed by atoms with Gasteiger partial charge in [-0.2, -0.15) is 0 Å². The van der Waals surface area contributed by atoms with Crippen LogP contribution in [0.3, 0.4) is 0 Å². The van der Waals surface area contributed by atoms with Gasteiger partial charge in [0.2, 0.25) is 0 Å². The van der Waals surface area contributed by atoms with Crippen LogP contribution in [0.4, 0.5) is 0 Å². The Morgan fingerprint density at radius 1 is 1.00 bits per heavy atom. The molecule has 0 aromatic heterocycles. The average molecular weight is 151 g/mol. The van der Waals surface area contributed by atoms with Gasteiger partial charge in [-0.05, 0) is 0 Å². The summed E-state index contributed by atoms with van der Waals surface area (Å²) in [5.41, 5.74) is 0. The molecule has 0 aromatic rings. The quantitative estimate of drug-likeness (QED) is 0.337. The van der Waals surface area contributed by atoms with Crippen molar-refractivity contribution in [3.8, 4) is 0 Å². The first-order valence-electron chi connectivity index (χ1n) is 0.354. The summed E-state index contributed by atoms with van der Waals surface area (Å²) in [6, 6.07) is 0. The van der Waals surface area contributed by atoms with E-state index in [2.05, 4.69) is 0 Å². The molecule has 0 aliphatic heterocycles. The van der Waals surface area contributed by atoms with Crippen LogP contribution in [0.25, 0.3) is 0 Å². The molecular formula is C2H8SiZr. The van der Waals surface area contributed by atoms with E-state index in [-0.39, 0.29) is 14.9 Å². The van der Waals surface area contributed by atoms with Gasteiger partial charge in [0.25, 0.3) is 0 Å². The van der Waals surface area contributed by atoms with Gasteiger partial charge in [-0.3, -0.25) is 0 Å². The molecule has 0 atom stereocenters. The van der Waals surface area contributed by atoms with Crippen molar-refractivity contribution < 1.29 is 23.3 Å². The normalized spacial score (nSPS) is 1.50. The number of hydrogen-bond donors (Lipinski definition) is 0. The summed E-state index contributed by atoms with van der Waals surface area (Å²) in [4.78, 5) is 0. The molecule has 0 heterocycles. The van der Waals surface area contributed by atoms with Crippen molar-refractivity contribution in [1.82, 2.24) is 0 Å². The van der Waals surface area contributed by atoms with E-state index >= 15 is 0 Å². The molecule has 2 heteroatoms. The summed E-state index contributed by atoms with van der Waals surface area (Å²) in [5, 5.41) is 0. The molecule has 0 fully saturated rings. The van der Waals surface area contributed by atoms with E-state index in [0.29, 0.717) is 0 Å². The van der Waals surface area contributed by atoms with Crippen LogP contribution in [0.5, 0.6) is 0 Å². The number of hydrogen-bond acceptors (Lipinski definition) is 0. The van der Waals surface area contributed by atoms with Crippen molar-refractivity contribution in [2.24, 2.45) is 0 Å². The fourth-order valence-electron chi connectivity index (χ4n) is 0. The fourth-order valence-corrected chi connectivity index (χ4v) is 0. The zero-order valence-electron chi connectivity index (χ0n) is 3.21. The van der Waals surface area contributed by atoms with Gasteiger partial charge in [-0.15, -0.1) is 0 Å². The van der Waals surface area contributed by atoms with Gasteiger partial charge < -0.3 is 14.9 Å². The van der Waals surface area contributed by atoms with Crippen LogP contribution in [-0.2, 0) is 23.3 Å². The molecule has 0 nitrogen and oxygen atoms in total. The van der Waals surface area contributed by atoms with Gasteiger partial charge >= 0.3 is 30.2 Å². The van der Waals surface area contributed by atoms with E-state index in [1.54, 1.807) is 23.3 Å². The Hall–Kier alpha value is 1.10. The van der Waals surface area contributed by atoms with Crippen molar-refractivity contribution in [2.75, 3.05) is 0 Å². The Morgan fingerprint density at radius 3 is 1.00 bits per heavy atom. The zero-order chi connectivity index (χ0) is 2.00. The van der Waals surface area contributed by atoms with Crippen LogP contribution in [0.2, 0.25) is 0 Å². The molecule has 0 amide bonds. The molecule has 24 valence electrons. The SMILES string of the molecule is [CH3-].[CH3-].[SiH2]=[Zr+2]. The summed E-state index contributed by atoms with van der Waals surface area (Å²) >= 11 is 1.58. The summed E-state index contributed by atoms with van der Waals surface area (Å²) in [6.07, 6.45) is 0. The van der Waals surface area contributed by atoms with E-state index in [0.717, 1.165) is 0 Å². The van der Waals surface area contributed by atoms with E-state index < -0.39 is 0 Å². The Labute approximate surface area is 45.2 Å². The molecule has 0 aromatic carbocycles. The Morgan fingerprint density at radius 2 is 1.00 bits per heavy atom. The summed E-state index contributed by atoms with van der Waals surface area (Å²) in [7, 11) is 0. The zero-order valence-corrected chi connectivity index (χ0v) is 7.08. The Bertz CT molecular complexity index is 6.00. The van der Waals surface area contributed by atoms with E-state index in [4.69, 9.17) is 0 Å². The summed E-state index contributed by atoms with van der Waals surface area (Å²) in [5.74, 6) is 0. The van der Waals surface area contributed by atoms with Crippen molar-refractivity contribution in [3.05, 3.63) is 14.9 Å². The molecule has 0 rings (SSSR count). The van der Waals surface area contributed by atoms with E-state index in [1.165, 1.54) is 0 Å². The van der Waals surface area contributed by atoms with Gasteiger partial charge in [0.1, 0.15) is 0 Å². The van der Waals surface area contributed by atoms with Gasteiger partial charge in [0.15, 0.2) is 0 Å². The predicted molar refractivity (Wildman–Crippen MR) is 21.4 cm³/mol. The van der Waals surface area contributed by atoms with Crippen molar-refractivity contribution in [3.63, 3.8) is 0 Å². The van der Waals surface area contributed by atoms with Gasteiger partial charge in [0.05, 0.1) is 0 Å². The maximum absolute atomic E-state index is 1.95. The average Bonchev–Trinajstić information content (AvgIpc) is 1.00. The standard InChI is InChI=1S/2CH3.H2Si.Zr/h2*1H3;1H2;/q2*-1;;+2. The fraction of sp³-hybridized carbons (Fsp3) is 0. The van der Waals surface area contributed by atoms with Gasteiger partial charge in [0, 0.05) is 0 Å². The predicted octanol–water partition coefficient (Wildman–Crippen LogP) is -0.0181. The minimum absolute atomic E-state index is 0. The third kappa shape index (κ3) is 11.3. The monoisotopic (exact) mass is 150 g/mol. The Balaban J connectivity index is -0.00000000500. The first kappa shape index (κ1) is 19.4. The molecule has 0 radical (unpaired) electrons. The third-order valence-corrected chi connectivity index (χ3v) is 0. The maximum atomic E-state index is 1.95. The first-order chi connectivity index (χ1) is 1.00. The summed E-state index contributed by atoms with van der Waals surface area (Å²) in [6.45, 7) is 1.95. The van der Waals surface area contributed by atoms with Gasteiger partial charge in [-0.25, -0.2) is 0 Å². The van der Waals surface area contributed by atoms with Crippen molar-refractivity contribution in [1.29, 1.82) is 0 Å². The second kappa shape index (κ2) is 32.6. The second-order valence-corrected chi connectivity index (χ2v) is 0. The molecule has 0 saturated heterocycles. The van der Waals surface area contributed by atoms with Gasteiger partial charge in [-0.1, -0.05) is 0 Å². The minimum atomic E-state index is 0. The third-order valence-electron chi connectivity index (χ3n) is 0. The molecular weight excluding hydrogens is 143 g/mol. The molecule has 0 N–H and O–H groups in total. The van der Waals surface area contributed by atoms with Crippen LogP contribution < -0.4 is 0 Å².